The summed E-state index contributed by atoms with van der Waals surface area (Å²) in [6, 6.07) is 19.0. The molecule has 0 radical (unpaired) electrons. The number of fused-ring (bicyclic) bond motifs is 3. The van der Waals surface area contributed by atoms with E-state index in [9.17, 15) is 4.79 Å². The van der Waals surface area contributed by atoms with Gasteiger partial charge in [-0.15, -0.1) is 6.58 Å². The highest BCUT2D eigenvalue weighted by atomic mass is 32.1. The minimum atomic E-state index is -0.0851. The quantitative estimate of drug-likeness (QED) is 0.199. The summed E-state index contributed by atoms with van der Waals surface area (Å²) in [5.41, 5.74) is 3.47. The first-order valence-electron chi connectivity index (χ1n) is 11.7. The second-order valence-electron chi connectivity index (χ2n) is 8.22. The van der Waals surface area contributed by atoms with Crippen molar-refractivity contribution in [2.75, 3.05) is 27.4 Å². The van der Waals surface area contributed by atoms with E-state index in [1.807, 2.05) is 72.8 Å². The maximum atomic E-state index is 13.0. The number of thiazole rings is 1. The van der Waals surface area contributed by atoms with Crippen molar-refractivity contribution in [2.45, 2.75) is 6.42 Å². The van der Waals surface area contributed by atoms with Crippen molar-refractivity contribution in [1.82, 2.24) is 9.38 Å². The van der Waals surface area contributed by atoms with Gasteiger partial charge in [0.15, 0.2) is 28.0 Å². The first kappa shape index (κ1) is 24.4. The Morgan fingerprint density at radius 1 is 0.919 bits per heavy atom. The fraction of sp³-hybridized carbons (Fsp3) is 0.172. The average molecular weight is 515 g/mol. The molecular weight excluding hydrogens is 488 g/mol. The van der Waals surface area contributed by atoms with E-state index >= 15 is 0 Å². The molecule has 3 aromatic carbocycles. The lowest BCUT2D eigenvalue weighted by Gasteiger charge is -2.14. The first-order valence-corrected chi connectivity index (χ1v) is 12.6. The average Bonchev–Trinajstić information content (AvgIpc) is 3.43. The molecule has 0 saturated carbocycles. The summed E-state index contributed by atoms with van der Waals surface area (Å²) in [6.07, 6.45) is 4.45. The predicted molar refractivity (Wildman–Crippen MR) is 147 cm³/mol. The fourth-order valence-corrected chi connectivity index (χ4v) is 5.07. The molecule has 0 fully saturated rings. The molecule has 0 aliphatic carbocycles. The van der Waals surface area contributed by atoms with E-state index in [-0.39, 0.29) is 5.56 Å². The Labute approximate surface area is 217 Å². The van der Waals surface area contributed by atoms with Crippen LogP contribution in [0.2, 0.25) is 0 Å². The molecule has 0 spiro atoms. The second-order valence-corrected chi connectivity index (χ2v) is 9.23. The molecule has 0 saturated heterocycles. The number of benzene rings is 3. The predicted octanol–water partition coefficient (Wildman–Crippen LogP) is 4.66. The smallest absolute Gasteiger partial charge is 0.274 e. The van der Waals surface area contributed by atoms with Crippen LogP contribution in [0, 0.1) is 0 Å². The van der Waals surface area contributed by atoms with Gasteiger partial charge >= 0.3 is 0 Å². The Bertz CT molecular complexity index is 1690. The molecule has 7 nitrogen and oxygen atoms in total. The van der Waals surface area contributed by atoms with Gasteiger partial charge < -0.3 is 18.9 Å². The van der Waals surface area contributed by atoms with Gasteiger partial charge in [0.2, 0.25) is 0 Å². The molecule has 0 aliphatic heterocycles. The topological polar surface area (TPSA) is 71.3 Å². The Kier molecular flexibility index (Phi) is 7.09. The summed E-state index contributed by atoms with van der Waals surface area (Å²) in [6.45, 7) is 4.41. The molecule has 2 aromatic heterocycles. The Morgan fingerprint density at radius 2 is 1.62 bits per heavy atom. The zero-order valence-corrected chi connectivity index (χ0v) is 21.4. The maximum Gasteiger partial charge on any atom is 0.274 e. The summed E-state index contributed by atoms with van der Waals surface area (Å²) >= 11 is 1.36. The standard InChI is InChI=1S/C29H26N2O5S/c1-4-7-19-10-12-23(25(16-19)33-2)35-14-15-36-24-13-11-20(17-26(24)34-3)18-27-28(32)31-22-9-6-5-8-21(22)30-29(31)37-27/h4-6,8-13,16-18H,1,7,14-15H2,2-3H3. The number of hydrogen-bond donors (Lipinski definition) is 0. The first-order chi connectivity index (χ1) is 18.1. The summed E-state index contributed by atoms with van der Waals surface area (Å²) in [4.78, 5) is 18.3. The molecule has 37 heavy (non-hydrogen) atoms. The fourth-order valence-electron chi connectivity index (χ4n) is 4.08. The van der Waals surface area contributed by atoms with Crippen molar-refractivity contribution in [3.8, 4) is 23.0 Å². The van der Waals surface area contributed by atoms with Crippen LogP contribution in [0.3, 0.4) is 0 Å². The zero-order valence-electron chi connectivity index (χ0n) is 20.6. The number of imidazole rings is 1. The monoisotopic (exact) mass is 514 g/mol. The molecule has 188 valence electrons. The van der Waals surface area contributed by atoms with E-state index < -0.39 is 0 Å². The number of aromatic nitrogens is 2. The van der Waals surface area contributed by atoms with E-state index in [4.69, 9.17) is 18.9 Å². The molecule has 8 heteroatoms. The van der Waals surface area contributed by atoms with Gasteiger partial charge in [0.1, 0.15) is 13.2 Å². The summed E-state index contributed by atoms with van der Waals surface area (Å²) in [5, 5.41) is 0. The van der Waals surface area contributed by atoms with Crippen molar-refractivity contribution in [3.63, 3.8) is 0 Å². The van der Waals surface area contributed by atoms with E-state index in [0.29, 0.717) is 45.7 Å². The van der Waals surface area contributed by atoms with Crippen LogP contribution in [-0.2, 0) is 6.42 Å². The molecule has 5 rings (SSSR count). The van der Waals surface area contributed by atoms with Crippen LogP contribution in [0.1, 0.15) is 11.1 Å². The van der Waals surface area contributed by atoms with Crippen LogP contribution in [-0.4, -0.2) is 36.8 Å². The normalized spacial score (nSPS) is 11.7. The van der Waals surface area contributed by atoms with Crippen molar-refractivity contribution in [2.24, 2.45) is 0 Å². The maximum absolute atomic E-state index is 13.0. The van der Waals surface area contributed by atoms with Crippen LogP contribution in [0.25, 0.3) is 22.1 Å². The molecule has 5 aromatic rings. The molecule has 0 aliphatic rings. The number of rotatable bonds is 10. The number of para-hydroxylation sites is 2. The summed E-state index contributed by atoms with van der Waals surface area (Å²) in [5.74, 6) is 2.48. The highest BCUT2D eigenvalue weighted by Gasteiger charge is 2.12. The van der Waals surface area contributed by atoms with Gasteiger partial charge in [-0.25, -0.2) is 9.38 Å². The highest BCUT2D eigenvalue weighted by molar-refractivity contribution is 7.15. The number of ether oxygens (including phenoxy) is 4. The Morgan fingerprint density at radius 3 is 2.35 bits per heavy atom. The lowest BCUT2D eigenvalue weighted by Crippen LogP contribution is -2.22. The van der Waals surface area contributed by atoms with E-state index in [2.05, 4.69) is 11.6 Å². The van der Waals surface area contributed by atoms with Crippen LogP contribution >= 0.6 is 11.3 Å². The molecule has 0 atom stereocenters. The largest absolute Gasteiger partial charge is 0.493 e. The van der Waals surface area contributed by atoms with Crippen LogP contribution in [0.15, 0.2) is 78.1 Å². The van der Waals surface area contributed by atoms with E-state index in [1.54, 1.807) is 18.6 Å². The van der Waals surface area contributed by atoms with Crippen molar-refractivity contribution in [1.29, 1.82) is 0 Å². The minimum Gasteiger partial charge on any atom is -0.493 e. The van der Waals surface area contributed by atoms with Gasteiger partial charge in [0.05, 0.1) is 29.8 Å². The highest BCUT2D eigenvalue weighted by Crippen LogP contribution is 2.30. The summed E-state index contributed by atoms with van der Waals surface area (Å²) < 4.78 is 25.0. The number of methoxy groups -OCH3 is 2. The molecule has 0 unspecified atom stereocenters. The zero-order chi connectivity index (χ0) is 25.8. The lowest BCUT2D eigenvalue weighted by molar-refractivity contribution is 0.206. The van der Waals surface area contributed by atoms with Gasteiger partial charge in [0.25, 0.3) is 5.56 Å². The number of allylic oxidation sites excluding steroid dienone is 1. The third kappa shape index (κ3) is 5.01. The van der Waals surface area contributed by atoms with Gasteiger partial charge in [-0.1, -0.05) is 41.7 Å². The van der Waals surface area contributed by atoms with E-state index in [1.165, 1.54) is 11.3 Å². The van der Waals surface area contributed by atoms with Crippen molar-refractivity contribution >= 4 is 33.4 Å². The van der Waals surface area contributed by atoms with E-state index in [0.717, 1.165) is 28.6 Å². The minimum absolute atomic E-state index is 0.0851. The summed E-state index contributed by atoms with van der Waals surface area (Å²) in [7, 11) is 3.20. The Hall–Kier alpha value is -4.30. The van der Waals surface area contributed by atoms with Gasteiger partial charge in [-0.3, -0.25) is 4.79 Å². The third-order valence-electron chi connectivity index (χ3n) is 5.84. The second kappa shape index (κ2) is 10.8. The molecule has 0 bridgehead atoms. The van der Waals surface area contributed by atoms with Crippen LogP contribution in [0.4, 0.5) is 0 Å². The molecule has 0 amide bonds. The van der Waals surface area contributed by atoms with Crippen LogP contribution < -0.4 is 29.0 Å². The lowest BCUT2D eigenvalue weighted by atomic mass is 10.1. The Balaban J connectivity index is 1.29. The molecule has 0 N–H and O–H groups in total. The van der Waals surface area contributed by atoms with Crippen LogP contribution in [0.5, 0.6) is 23.0 Å². The molecular formula is C29H26N2O5S. The van der Waals surface area contributed by atoms with Gasteiger partial charge in [-0.05, 0) is 60.0 Å². The van der Waals surface area contributed by atoms with Gasteiger partial charge in [-0.2, -0.15) is 0 Å². The van der Waals surface area contributed by atoms with Crippen molar-refractivity contribution in [3.05, 3.63) is 99.3 Å². The van der Waals surface area contributed by atoms with Gasteiger partial charge in [0, 0.05) is 0 Å². The SMILES string of the molecule is C=CCc1ccc(OCCOc2ccc(C=c3sc4nc5ccccc5n4c3=O)cc2OC)c(OC)c1. The number of nitrogens with zero attached hydrogens (tertiary/aromatic N) is 2. The number of hydrogen-bond acceptors (Lipinski definition) is 7. The van der Waals surface area contributed by atoms with Crippen molar-refractivity contribution < 1.29 is 18.9 Å². The third-order valence-corrected chi connectivity index (χ3v) is 6.81. The molecule has 2 heterocycles.